The van der Waals surface area contributed by atoms with Crippen molar-refractivity contribution in [2.75, 3.05) is 23.3 Å². The van der Waals surface area contributed by atoms with Gasteiger partial charge in [-0.3, -0.25) is 9.69 Å². The van der Waals surface area contributed by atoms with Gasteiger partial charge in [-0.1, -0.05) is 55.5 Å². The molecule has 37 heavy (non-hydrogen) atoms. The molecule has 3 aromatic carbocycles. The van der Waals surface area contributed by atoms with Gasteiger partial charge < -0.3 is 10.2 Å². The van der Waals surface area contributed by atoms with E-state index in [2.05, 4.69) is 5.32 Å². The van der Waals surface area contributed by atoms with Crippen LogP contribution in [0.5, 0.6) is 0 Å². The van der Waals surface area contributed by atoms with Crippen molar-refractivity contribution in [1.29, 1.82) is 0 Å². The van der Waals surface area contributed by atoms with Crippen molar-refractivity contribution in [1.82, 2.24) is 4.90 Å². The fraction of sp³-hybridized carbons (Fsp3) is 0.310. The molecule has 1 fully saturated rings. The molecular formula is C29H30F3N3O2. The molecule has 0 aliphatic carbocycles. The Balaban J connectivity index is 1.54. The number of halogens is 3. The van der Waals surface area contributed by atoms with Gasteiger partial charge in [-0.25, -0.2) is 4.79 Å². The Morgan fingerprint density at radius 3 is 2.35 bits per heavy atom. The Labute approximate surface area is 214 Å². The van der Waals surface area contributed by atoms with Crippen LogP contribution in [0.15, 0.2) is 72.8 Å². The monoisotopic (exact) mass is 509 g/mol. The number of nitrogens with one attached hydrogen (secondary N) is 1. The largest absolute Gasteiger partial charge is 0.416 e. The topological polar surface area (TPSA) is 52.7 Å². The molecule has 3 amide bonds. The van der Waals surface area contributed by atoms with Crippen LogP contribution in [0, 0.1) is 6.92 Å². The molecule has 0 aromatic heterocycles. The summed E-state index contributed by atoms with van der Waals surface area (Å²) in [5, 5.41) is 3.05. The summed E-state index contributed by atoms with van der Waals surface area (Å²) in [4.78, 5) is 30.0. The fourth-order valence-electron chi connectivity index (χ4n) is 4.63. The zero-order valence-electron chi connectivity index (χ0n) is 20.9. The Morgan fingerprint density at radius 1 is 1.00 bits per heavy atom. The van der Waals surface area contributed by atoms with Crippen molar-refractivity contribution >= 4 is 23.3 Å². The first-order valence-corrected chi connectivity index (χ1v) is 12.4. The van der Waals surface area contributed by atoms with Gasteiger partial charge in [0.15, 0.2) is 0 Å². The van der Waals surface area contributed by atoms with E-state index in [4.69, 9.17) is 0 Å². The second kappa shape index (κ2) is 11.1. The van der Waals surface area contributed by atoms with Crippen LogP contribution in [0.25, 0.3) is 0 Å². The van der Waals surface area contributed by atoms with Gasteiger partial charge >= 0.3 is 12.2 Å². The number of aryl methyl sites for hydroxylation is 1. The molecule has 0 saturated carbocycles. The molecule has 4 rings (SSSR count). The third kappa shape index (κ3) is 6.13. The van der Waals surface area contributed by atoms with E-state index in [9.17, 15) is 22.8 Å². The van der Waals surface area contributed by atoms with Crippen LogP contribution < -0.4 is 10.2 Å². The number of carbonyl (C=O) groups excluding carboxylic acids is 2. The lowest BCUT2D eigenvalue weighted by atomic mass is 9.95. The highest BCUT2D eigenvalue weighted by atomic mass is 19.4. The number of carbonyl (C=O) groups is 2. The minimum Gasteiger partial charge on any atom is -0.324 e. The zero-order valence-corrected chi connectivity index (χ0v) is 20.9. The van der Waals surface area contributed by atoms with Crippen LogP contribution in [0.3, 0.4) is 0 Å². The van der Waals surface area contributed by atoms with Crippen LogP contribution >= 0.6 is 0 Å². The molecule has 1 heterocycles. The van der Waals surface area contributed by atoms with Crippen molar-refractivity contribution in [3.63, 3.8) is 0 Å². The van der Waals surface area contributed by atoms with E-state index in [1.807, 2.05) is 62.4 Å². The van der Waals surface area contributed by atoms with Crippen molar-refractivity contribution in [3.05, 3.63) is 95.1 Å². The second-order valence-corrected chi connectivity index (χ2v) is 9.29. The summed E-state index contributed by atoms with van der Waals surface area (Å²) in [6.45, 7) is 5.05. The van der Waals surface area contributed by atoms with Crippen LogP contribution in [0.1, 0.15) is 47.9 Å². The number of benzene rings is 3. The minimum absolute atomic E-state index is 0.147. The molecule has 0 bridgehead atoms. The average Bonchev–Trinajstić information content (AvgIpc) is 2.87. The highest BCUT2D eigenvalue weighted by Gasteiger charge is 2.31. The molecule has 1 unspecified atom stereocenters. The van der Waals surface area contributed by atoms with E-state index >= 15 is 0 Å². The normalized spacial score (nSPS) is 15.0. The molecular weight excluding hydrogens is 479 g/mol. The van der Waals surface area contributed by atoms with Gasteiger partial charge in [0.1, 0.15) is 0 Å². The minimum atomic E-state index is -4.40. The standard InChI is InChI=1S/C29H30F3N3O2/c1-3-24(22-8-5-4-6-9-22)27(36)33-25-18-20(2)10-15-26(25)35-17-7-16-34(28(35)37)19-21-11-13-23(14-12-21)29(30,31)32/h4-6,8-15,18,24H,3,7,16-17,19H2,1-2H3,(H,33,36). The number of hydrogen-bond acceptors (Lipinski definition) is 2. The summed E-state index contributed by atoms with van der Waals surface area (Å²) in [5.74, 6) is -0.477. The molecule has 1 atom stereocenters. The van der Waals surface area contributed by atoms with Gasteiger partial charge in [0.05, 0.1) is 22.9 Å². The maximum absolute atomic E-state index is 13.5. The fourth-order valence-corrected chi connectivity index (χ4v) is 4.63. The van der Waals surface area contributed by atoms with Crippen LogP contribution in [-0.4, -0.2) is 29.9 Å². The molecule has 1 aliphatic heterocycles. The number of rotatable bonds is 7. The van der Waals surface area contributed by atoms with E-state index in [-0.39, 0.29) is 24.4 Å². The second-order valence-electron chi connectivity index (χ2n) is 9.29. The summed E-state index contributed by atoms with van der Waals surface area (Å²) in [6.07, 6.45) is -3.09. The third-order valence-corrected chi connectivity index (χ3v) is 6.59. The lowest BCUT2D eigenvalue weighted by Crippen LogP contribution is -2.49. The van der Waals surface area contributed by atoms with Gasteiger partial charge in [-0.15, -0.1) is 0 Å². The van der Waals surface area contributed by atoms with Gasteiger partial charge in [-0.05, 0) is 60.7 Å². The predicted molar refractivity (Wildman–Crippen MR) is 138 cm³/mol. The van der Waals surface area contributed by atoms with E-state index in [0.717, 1.165) is 23.3 Å². The first-order chi connectivity index (χ1) is 17.7. The molecule has 0 spiro atoms. The number of hydrogen-bond donors (Lipinski definition) is 1. The van der Waals surface area contributed by atoms with Crippen molar-refractivity contribution in [2.45, 2.75) is 45.3 Å². The van der Waals surface area contributed by atoms with Gasteiger partial charge in [0.25, 0.3) is 0 Å². The third-order valence-electron chi connectivity index (χ3n) is 6.59. The van der Waals surface area contributed by atoms with E-state index in [1.54, 1.807) is 9.80 Å². The summed E-state index contributed by atoms with van der Waals surface area (Å²) >= 11 is 0. The average molecular weight is 510 g/mol. The first kappa shape index (κ1) is 26.3. The van der Waals surface area contributed by atoms with Crippen molar-refractivity contribution in [2.24, 2.45) is 0 Å². The molecule has 1 N–H and O–H groups in total. The molecule has 3 aromatic rings. The summed E-state index contributed by atoms with van der Waals surface area (Å²) in [5.41, 5.74) is 2.93. The Bertz CT molecular complexity index is 1240. The zero-order chi connectivity index (χ0) is 26.6. The van der Waals surface area contributed by atoms with Gasteiger partial charge in [0.2, 0.25) is 5.91 Å². The molecule has 0 radical (unpaired) electrons. The molecule has 5 nitrogen and oxygen atoms in total. The van der Waals surface area contributed by atoms with Crippen LogP contribution in [-0.2, 0) is 17.5 Å². The number of urea groups is 1. The van der Waals surface area contributed by atoms with Crippen LogP contribution in [0.2, 0.25) is 0 Å². The highest BCUT2D eigenvalue weighted by Crippen LogP contribution is 2.33. The Hall–Kier alpha value is -3.81. The first-order valence-electron chi connectivity index (χ1n) is 12.4. The van der Waals surface area contributed by atoms with Crippen molar-refractivity contribution in [3.8, 4) is 0 Å². The maximum Gasteiger partial charge on any atom is 0.416 e. The van der Waals surface area contributed by atoms with Crippen LogP contribution in [0.4, 0.5) is 29.3 Å². The Morgan fingerprint density at radius 2 is 1.70 bits per heavy atom. The van der Waals surface area contributed by atoms with E-state index in [1.165, 1.54) is 12.1 Å². The van der Waals surface area contributed by atoms with E-state index in [0.29, 0.717) is 42.9 Å². The maximum atomic E-state index is 13.5. The van der Waals surface area contributed by atoms with Gasteiger partial charge in [0, 0.05) is 19.6 Å². The summed E-state index contributed by atoms with van der Waals surface area (Å²) < 4.78 is 38.7. The van der Waals surface area contributed by atoms with Gasteiger partial charge in [-0.2, -0.15) is 13.2 Å². The lowest BCUT2D eigenvalue weighted by Gasteiger charge is -2.36. The quantitative estimate of drug-likeness (QED) is 0.374. The lowest BCUT2D eigenvalue weighted by molar-refractivity contribution is -0.137. The SMILES string of the molecule is CCC(C(=O)Nc1cc(C)ccc1N1CCCN(Cc2ccc(C(F)(F)F)cc2)C1=O)c1ccccc1. The molecule has 8 heteroatoms. The number of anilines is 2. The van der Waals surface area contributed by atoms with E-state index < -0.39 is 11.7 Å². The molecule has 1 saturated heterocycles. The predicted octanol–water partition coefficient (Wildman–Crippen LogP) is 6.98. The highest BCUT2D eigenvalue weighted by molar-refractivity contribution is 6.02. The summed E-state index contributed by atoms with van der Waals surface area (Å²) in [7, 11) is 0. The summed E-state index contributed by atoms with van der Waals surface area (Å²) in [6, 6.07) is 19.8. The molecule has 1 aliphatic rings. The Kier molecular flexibility index (Phi) is 7.86. The number of amides is 3. The van der Waals surface area contributed by atoms with Crippen molar-refractivity contribution < 1.29 is 22.8 Å². The molecule has 194 valence electrons. The number of alkyl halides is 3. The smallest absolute Gasteiger partial charge is 0.324 e. The number of nitrogens with zero attached hydrogens (tertiary/aromatic N) is 2.